The van der Waals surface area contributed by atoms with E-state index in [1.54, 1.807) is 0 Å². The molecular formula is C15H28O8. The minimum atomic E-state index is -1.50. The van der Waals surface area contributed by atoms with Crippen molar-refractivity contribution in [3.63, 3.8) is 0 Å². The van der Waals surface area contributed by atoms with Gasteiger partial charge >= 0.3 is 5.97 Å². The molecule has 6 atom stereocenters. The highest BCUT2D eigenvalue weighted by atomic mass is 16.7. The Bertz CT molecular complexity index is 348. The van der Waals surface area contributed by atoms with Crippen LogP contribution in [0.25, 0.3) is 0 Å². The first-order chi connectivity index (χ1) is 10.9. The second-order valence-electron chi connectivity index (χ2n) is 5.73. The quantitative estimate of drug-likeness (QED) is 0.322. The molecule has 1 fully saturated rings. The molecule has 1 rings (SSSR count). The molecule has 0 bridgehead atoms. The van der Waals surface area contributed by atoms with Crippen LogP contribution >= 0.6 is 0 Å². The van der Waals surface area contributed by atoms with Crippen LogP contribution in [-0.2, 0) is 19.0 Å². The second-order valence-corrected chi connectivity index (χ2v) is 5.73. The first-order valence-electron chi connectivity index (χ1n) is 7.97. The van der Waals surface area contributed by atoms with E-state index in [1.165, 1.54) is 7.11 Å². The number of carbonyl (C=O) groups is 1. The summed E-state index contributed by atoms with van der Waals surface area (Å²) in [5.74, 6) is -0.448. The van der Waals surface area contributed by atoms with Gasteiger partial charge in [-0.3, -0.25) is 4.79 Å². The van der Waals surface area contributed by atoms with Crippen molar-refractivity contribution in [1.82, 2.24) is 0 Å². The van der Waals surface area contributed by atoms with E-state index < -0.39 is 49.4 Å². The minimum Gasteiger partial charge on any atom is -0.469 e. The van der Waals surface area contributed by atoms with Gasteiger partial charge in [-0.05, 0) is 6.42 Å². The molecule has 1 saturated heterocycles. The lowest BCUT2D eigenvalue weighted by Gasteiger charge is -2.40. The largest absolute Gasteiger partial charge is 0.469 e. The molecule has 4 N–H and O–H groups in total. The van der Waals surface area contributed by atoms with Gasteiger partial charge in [-0.15, -0.1) is 0 Å². The molecule has 23 heavy (non-hydrogen) atoms. The number of aliphatic hydroxyl groups is 4. The van der Waals surface area contributed by atoms with Gasteiger partial charge in [0.2, 0.25) is 0 Å². The molecule has 0 spiro atoms. The van der Waals surface area contributed by atoms with Crippen LogP contribution in [0.3, 0.4) is 0 Å². The van der Waals surface area contributed by atoms with E-state index in [2.05, 4.69) is 4.74 Å². The molecule has 8 heteroatoms. The molecule has 1 aliphatic heterocycles. The summed E-state index contributed by atoms with van der Waals surface area (Å²) in [7, 11) is 1.28. The molecule has 8 nitrogen and oxygen atoms in total. The molecule has 0 radical (unpaired) electrons. The fourth-order valence-corrected chi connectivity index (χ4v) is 2.48. The van der Waals surface area contributed by atoms with Crippen LogP contribution < -0.4 is 0 Å². The molecule has 0 aromatic carbocycles. The van der Waals surface area contributed by atoms with Crippen LogP contribution in [0.5, 0.6) is 0 Å². The van der Waals surface area contributed by atoms with Gasteiger partial charge < -0.3 is 34.6 Å². The van der Waals surface area contributed by atoms with E-state index in [0.29, 0.717) is 6.42 Å². The molecule has 1 unspecified atom stereocenters. The van der Waals surface area contributed by atoms with Crippen LogP contribution in [0.1, 0.15) is 39.0 Å². The smallest absolute Gasteiger partial charge is 0.308 e. The zero-order valence-corrected chi connectivity index (χ0v) is 13.6. The standard InChI is InChI=1S/C15H28O8/c1-3-4-5-6-9(7-11(17)21-2)22-15-14(20)13(19)12(18)10(8-16)23-15/h9-10,12-16,18-20H,3-8H2,1-2H3/t9?,10-,12-,13+,14-,15-/m1/s1. The summed E-state index contributed by atoms with van der Waals surface area (Å²) in [6, 6.07) is 0. The topological polar surface area (TPSA) is 126 Å². The van der Waals surface area contributed by atoms with Gasteiger partial charge in [0.25, 0.3) is 0 Å². The molecule has 0 saturated carbocycles. The summed E-state index contributed by atoms with van der Waals surface area (Å²) in [6.07, 6.45) is -3.86. The number of aliphatic hydroxyl groups excluding tert-OH is 4. The van der Waals surface area contributed by atoms with Crippen molar-refractivity contribution in [1.29, 1.82) is 0 Å². The Kier molecular flexibility index (Phi) is 8.96. The maximum atomic E-state index is 11.5. The summed E-state index contributed by atoms with van der Waals surface area (Å²) in [5.41, 5.74) is 0. The maximum absolute atomic E-state index is 11.5. The maximum Gasteiger partial charge on any atom is 0.308 e. The predicted octanol–water partition coefficient (Wildman–Crippen LogP) is -0.685. The van der Waals surface area contributed by atoms with Crippen LogP contribution in [0.2, 0.25) is 0 Å². The van der Waals surface area contributed by atoms with Crippen LogP contribution in [-0.4, -0.2) is 76.9 Å². The molecule has 1 heterocycles. The van der Waals surface area contributed by atoms with Crippen molar-refractivity contribution < 1.29 is 39.4 Å². The summed E-state index contributed by atoms with van der Waals surface area (Å²) < 4.78 is 15.5. The number of unbranched alkanes of at least 4 members (excludes halogenated alkanes) is 2. The number of esters is 1. The van der Waals surface area contributed by atoms with Gasteiger partial charge in [-0.2, -0.15) is 0 Å². The third-order valence-corrected chi connectivity index (χ3v) is 3.93. The second kappa shape index (κ2) is 10.2. The summed E-state index contributed by atoms with van der Waals surface area (Å²) >= 11 is 0. The lowest BCUT2D eigenvalue weighted by molar-refractivity contribution is -0.311. The minimum absolute atomic E-state index is 0.00473. The zero-order chi connectivity index (χ0) is 17.4. The highest BCUT2D eigenvalue weighted by Gasteiger charge is 2.44. The lowest BCUT2D eigenvalue weighted by Crippen LogP contribution is -2.59. The number of methoxy groups -OCH3 is 1. The van der Waals surface area contributed by atoms with E-state index in [1.807, 2.05) is 6.92 Å². The first-order valence-corrected chi connectivity index (χ1v) is 7.97. The average molecular weight is 336 g/mol. The van der Waals surface area contributed by atoms with E-state index in [0.717, 1.165) is 19.3 Å². The van der Waals surface area contributed by atoms with Gasteiger partial charge in [0, 0.05) is 0 Å². The van der Waals surface area contributed by atoms with Crippen molar-refractivity contribution in [3.05, 3.63) is 0 Å². The Balaban J connectivity index is 2.69. The van der Waals surface area contributed by atoms with Crippen molar-refractivity contribution in [2.45, 2.75) is 75.8 Å². The fourth-order valence-electron chi connectivity index (χ4n) is 2.48. The van der Waals surface area contributed by atoms with Gasteiger partial charge in [-0.25, -0.2) is 0 Å². The average Bonchev–Trinajstić information content (AvgIpc) is 2.55. The van der Waals surface area contributed by atoms with Gasteiger partial charge in [0.15, 0.2) is 6.29 Å². The number of hydrogen-bond donors (Lipinski definition) is 4. The Morgan fingerprint density at radius 2 is 1.87 bits per heavy atom. The zero-order valence-electron chi connectivity index (χ0n) is 13.6. The van der Waals surface area contributed by atoms with Crippen molar-refractivity contribution >= 4 is 5.97 Å². The Morgan fingerprint density at radius 3 is 2.43 bits per heavy atom. The molecule has 0 amide bonds. The number of carbonyl (C=O) groups excluding carboxylic acids is 1. The third kappa shape index (κ3) is 5.98. The van der Waals surface area contributed by atoms with E-state index in [9.17, 15) is 20.1 Å². The van der Waals surface area contributed by atoms with Crippen LogP contribution in [0.15, 0.2) is 0 Å². The lowest BCUT2D eigenvalue weighted by atomic mass is 9.99. The molecule has 0 aromatic heterocycles. The monoisotopic (exact) mass is 336 g/mol. The Labute approximate surface area is 136 Å². The van der Waals surface area contributed by atoms with Crippen molar-refractivity contribution in [3.8, 4) is 0 Å². The van der Waals surface area contributed by atoms with E-state index in [-0.39, 0.29) is 6.42 Å². The van der Waals surface area contributed by atoms with Crippen molar-refractivity contribution in [2.75, 3.05) is 13.7 Å². The summed E-state index contributed by atoms with van der Waals surface area (Å²) in [5, 5.41) is 38.6. The van der Waals surface area contributed by atoms with Gasteiger partial charge in [0.1, 0.15) is 24.4 Å². The van der Waals surface area contributed by atoms with Crippen molar-refractivity contribution in [2.24, 2.45) is 0 Å². The highest BCUT2D eigenvalue weighted by molar-refractivity contribution is 5.69. The Morgan fingerprint density at radius 1 is 1.17 bits per heavy atom. The normalized spacial score (nSPS) is 32.5. The van der Waals surface area contributed by atoms with Crippen LogP contribution in [0, 0.1) is 0 Å². The summed E-state index contributed by atoms with van der Waals surface area (Å²) in [6.45, 7) is 1.52. The third-order valence-electron chi connectivity index (χ3n) is 3.93. The highest BCUT2D eigenvalue weighted by Crippen LogP contribution is 2.25. The fraction of sp³-hybridized carbons (Fsp3) is 0.933. The van der Waals surface area contributed by atoms with Gasteiger partial charge in [-0.1, -0.05) is 26.2 Å². The number of hydrogen-bond acceptors (Lipinski definition) is 8. The molecule has 136 valence electrons. The molecule has 1 aliphatic rings. The predicted molar refractivity (Wildman–Crippen MR) is 79.4 cm³/mol. The van der Waals surface area contributed by atoms with E-state index >= 15 is 0 Å². The number of rotatable bonds is 9. The number of ether oxygens (including phenoxy) is 3. The molecule has 0 aliphatic carbocycles. The first kappa shape index (κ1) is 20.3. The summed E-state index contributed by atoms with van der Waals surface area (Å²) in [4.78, 5) is 11.5. The van der Waals surface area contributed by atoms with Crippen LogP contribution in [0.4, 0.5) is 0 Å². The molecule has 0 aromatic rings. The van der Waals surface area contributed by atoms with E-state index in [4.69, 9.17) is 14.6 Å². The molecular weight excluding hydrogens is 308 g/mol. The van der Waals surface area contributed by atoms with Gasteiger partial charge in [0.05, 0.1) is 26.2 Å². The Hall–Kier alpha value is -0.770. The SMILES string of the molecule is CCCCCC(CC(=O)OC)O[C@@H]1O[C@H](CO)[C@@H](O)[C@H](O)[C@H]1O.